The van der Waals surface area contributed by atoms with Crippen molar-refractivity contribution in [3.8, 4) is 11.4 Å². The lowest BCUT2D eigenvalue weighted by molar-refractivity contribution is -0.274. The number of ether oxygens (including phenoxy) is 1. The fourth-order valence-corrected chi connectivity index (χ4v) is 5.29. The number of amides is 1. The largest absolute Gasteiger partial charge is 0.573 e. The van der Waals surface area contributed by atoms with Crippen LogP contribution in [0, 0.1) is 6.92 Å². The predicted octanol–water partition coefficient (Wildman–Crippen LogP) is 6.10. The third kappa shape index (κ3) is 8.13. The second-order valence-electron chi connectivity index (χ2n) is 9.81. The minimum absolute atomic E-state index is 0.0646. The van der Waals surface area contributed by atoms with Crippen LogP contribution in [0.3, 0.4) is 0 Å². The van der Waals surface area contributed by atoms with Crippen LogP contribution in [0.2, 0.25) is 0 Å². The molecular weight excluding hydrogens is 626 g/mol. The molecule has 0 spiro atoms. The number of alkyl halides is 6. The summed E-state index contributed by atoms with van der Waals surface area (Å²) in [5.41, 5.74) is 1.09. The zero-order valence-corrected chi connectivity index (χ0v) is 24.1. The number of thioether (sulfide) groups is 1. The summed E-state index contributed by atoms with van der Waals surface area (Å²) in [7, 11) is 0. The highest BCUT2D eigenvalue weighted by molar-refractivity contribution is 8.15. The highest BCUT2D eigenvalue weighted by atomic mass is 32.2. The summed E-state index contributed by atoms with van der Waals surface area (Å²) in [6, 6.07) is 15.6. The number of aliphatic hydroxyl groups is 1. The van der Waals surface area contributed by atoms with Gasteiger partial charge in [0.2, 0.25) is 12.3 Å². The van der Waals surface area contributed by atoms with E-state index in [-0.39, 0.29) is 22.4 Å². The van der Waals surface area contributed by atoms with Gasteiger partial charge in [-0.05, 0) is 73.0 Å². The number of carbonyl (C=O) groups is 1. The Morgan fingerprint density at radius 2 is 1.73 bits per heavy atom. The number of anilines is 2. The van der Waals surface area contributed by atoms with Gasteiger partial charge < -0.3 is 15.2 Å². The summed E-state index contributed by atoms with van der Waals surface area (Å²) in [5.74, 6) is -0.545. The average Bonchev–Trinajstić information content (AvgIpc) is 3.58. The first kappa shape index (κ1) is 31.8. The number of halogens is 6. The van der Waals surface area contributed by atoms with Gasteiger partial charge in [0.1, 0.15) is 12.1 Å². The maximum Gasteiger partial charge on any atom is 0.573 e. The van der Waals surface area contributed by atoms with Crippen LogP contribution in [-0.4, -0.2) is 49.4 Å². The van der Waals surface area contributed by atoms with E-state index in [4.69, 9.17) is 0 Å². The molecule has 9 nitrogen and oxygen atoms in total. The normalized spacial score (nSPS) is 15.5. The van der Waals surface area contributed by atoms with E-state index in [0.717, 1.165) is 28.3 Å². The van der Waals surface area contributed by atoms with E-state index >= 15 is 0 Å². The smallest absolute Gasteiger partial charge is 0.406 e. The van der Waals surface area contributed by atoms with E-state index in [1.807, 2.05) is 0 Å². The first-order valence-electron chi connectivity index (χ1n) is 13.3. The van der Waals surface area contributed by atoms with Gasteiger partial charge in [0.15, 0.2) is 11.0 Å². The van der Waals surface area contributed by atoms with Crippen molar-refractivity contribution in [3.63, 3.8) is 0 Å². The number of benzene rings is 3. The second-order valence-corrected chi connectivity index (χ2v) is 10.8. The molecule has 0 saturated carbocycles. The molecule has 0 aliphatic carbocycles. The van der Waals surface area contributed by atoms with Crippen molar-refractivity contribution in [2.24, 2.45) is 4.99 Å². The van der Waals surface area contributed by atoms with Crippen molar-refractivity contribution in [1.29, 1.82) is 0 Å². The number of aliphatic imine (C=N–C) groups is 1. The van der Waals surface area contributed by atoms with Crippen molar-refractivity contribution in [2.75, 3.05) is 16.0 Å². The Hall–Kier alpha value is -4.57. The molecule has 1 aliphatic heterocycles. The van der Waals surface area contributed by atoms with Crippen molar-refractivity contribution in [3.05, 3.63) is 95.6 Å². The minimum Gasteiger partial charge on any atom is -0.406 e. The third-order valence-electron chi connectivity index (χ3n) is 6.46. The van der Waals surface area contributed by atoms with Crippen molar-refractivity contribution in [2.45, 2.75) is 38.7 Å². The Labute approximate surface area is 256 Å². The fourth-order valence-electron chi connectivity index (χ4n) is 4.41. The lowest BCUT2D eigenvalue weighted by Crippen LogP contribution is -2.33. The summed E-state index contributed by atoms with van der Waals surface area (Å²) >= 11 is 0.926. The van der Waals surface area contributed by atoms with Gasteiger partial charge in [-0.25, -0.2) is 14.7 Å². The van der Waals surface area contributed by atoms with E-state index in [0.29, 0.717) is 35.6 Å². The molecule has 0 bridgehead atoms. The maximum absolute atomic E-state index is 13.7. The monoisotopic (exact) mass is 650 g/mol. The van der Waals surface area contributed by atoms with Crippen LogP contribution in [-0.2, 0) is 23.8 Å². The van der Waals surface area contributed by atoms with Crippen LogP contribution < -0.4 is 15.0 Å². The van der Waals surface area contributed by atoms with Crippen molar-refractivity contribution in [1.82, 2.24) is 14.8 Å². The van der Waals surface area contributed by atoms with Gasteiger partial charge in [-0.1, -0.05) is 30.0 Å². The third-order valence-corrected chi connectivity index (χ3v) is 7.40. The molecule has 5 rings (SSSR count). The number of hydrogen-bond donors (Lipinski definition) is 2. The van der Waals surface area contributed by atoms with Crippen molar-refractivity contribution >= 4 is 34.2 Å². The lowest BCUT2D eigenvalue weighted by Gasteiger charge is -2.22. The van der Waals surface area contributed by atoms with E-state index in [1.54, 1.807) is 31.2 Å². The summed E-state index contributed by atoms with van der Waals surface area (Å²) < 4.78 is 83.4. The number of aromatic nitrogens is 3. The number of aryl methyl sites for hydroxylation is 3. The number of hydrogen-bond acceptors (Lipinski definition) is 8. The zero-order chi connectivity index (χ0) is 32.4. The van der Waals surface area contributed by atoms with Gasteiger partial charge in [-0.15, -0.1) is 13.2 Å². The summed E-state index contributed by atoms with van der Waals surface area (Å²) in [5, 5.41) is 17.6. The second kappa shape index (κ2) is 12.8. The molecule has 3 aromatic carbocycles. The standard InChI is InChI=1S/C29H24F6N6O3S/c1-17-2-12-22(28(30,31)32)23(14-17)41-25(42)15-45-27(41)38-26(43)37-19-6-3-18(4-7-19)5-13-24-36-16-40(39-24)20-8-10-21(11-9-20)44-29(33,34)35/h2-4,6-12,14,16,26,37,43H,5,13,15H2,1H3. The highest BCUT2D eigenvalue weighted by Gasteiger charge is 2.40. The molecule has 1 amide bonds. The maximum atomic E-state index is 13.7. The van der Waals surface area contributed by atoms with Crippen molar-refractivity contribution < 1.29 is 41.0 Å². The molecule has 2 heterocycles. The number of nitrogens with one attached hydrogen (secondary N) is 1. The zero-order valence-electron chi connectivity index (χ0n) is 23.3. The SMILES string of the molecule is Cc1ccc(C(F)(F)F)c(N2C(=O)CSC2=NC(O)Nc2ccc(CCc3ncn(-c4ccc(OC(F)(F)F)cc4)n3)cc2)c1. The Kier molecular flexibility index (Phi) is 9.06. The minimum atomic E-state index is -4.78. The number of nitrogens with zero attached hydrogens (tertiary/aromatic N) is 5. The van der Waals surface area contributed by atoms with Crippen LogP contribution in [0.5, 0.6) is 5.75 Å². The first-order valence-corrected chi connectivity index (χ1v) is 14.3. The fraction of sp³-hybridized carbons (Fsp3) is 0.241. The number of carbonyl (C=O) groups excluding carboxylic acids is 1. The molecule has 0 radical (unpaired) electrons. The van der Waals surface area contributed by atoms with Crippen LogP contribution in [0.4, 0.5) is 37.7 Å². The molecule has 1 aromatic heterocycles. The van der Waals surface area contributed by atoms with E-state index < -0.39 is 30.4 Å². The predicted molar refractivity (Wildman–Crippen MR) is 155 cm³/mol. The molecule has 45 heavy (non-hydrogen) atoms. The average molecular weight is 651 g/mol. The number of aliphatic hydroxyl groups excluding tert-OH is 1. The first-order chi connectivity index (χ1) is 21.2. The van der Waals surface area contributed by atoms with Crippen LogP contribution in [0.25, 0.3) is 5.69 Å². The molecular formula is C29H24F6N6O3S. The molecule has 1 fully saturated rings. The van der Waals surface area contributed by atoms with Gasteiger partial charge in [-0.2, -0.15) is 18.3 Å². The van der Waals surface area contributed by atoms with Crippen LogP contribution in [0.1, 0.15) is 22.5 Å². The van der Waals surface area contributed by atoms with Crippen LogP contribution in [0.15, 0.2) is 78.0 Å². The molecule has 4 aromatic rings. The summed E-state index contributed by atoms with van der Waals surface area (Å²) in [6.07, 6.45) is -8.55. The molecule has 1 unspecified atom stereocenters. The van der Waals surface area contributed by atoms with E-state index in [2.05, 4.69) is 25.1 Å². The van der Waals surface area contributed by atoms with E-state index in [1.165, 1.54) is 47.4 Å². The number of rotatable bonds is 9. The Bertz CT molecular complexity index is 1690. The topological polar surface area (TPSA) is 105 Å². The van der Waals surface area contributed by atoms with Gasteiger partial charge >= 0.3 is 12.5 Å². The Balaban J connectivity index is 1.19. The Morgan fingerprint density at radius 3 is 2.40 bits per heavy atom. The summed E-state index contributed by atoms with van der Waals surface area (Å²) in [4.78, 5) is 21.7. The van der Waals surface area contributed by atoms with Gasteiger partial charge in [-0.3, -0.25) is 9.69 Å². The quantitative estimate of drug-likeness (QED) is 0.167. The molecule has 2 N–H and O–H groups in total. The lowest BCUT2D eigenvalue weighted by atomic mass is 10.1. The molecule has 16 heteroatoms. The van der Waals surface area contributed by atoms with Gasteiger partial charge in [0, 0.05) is 12.1 Å². The highest BCUT2D eigenvalue weighted by Crippen LogP contribution is 2.40. The summed E-state index contributed by atoms with van der Waals surface area (Å²) in [6.45, 7) is 1.61. The van der Waals surface area contributed by atoms with Gasteiger partial charge in [0.05, 0.1) is 22.7 Å². The number of amidine groups is 1. The molecule has 236 valence electrons. The Morgan fingerprint density at radius 1 is 1.02 bits per heavy atom. The molecule has 1 saturated heterocycles. The molecule has 1 atom stereocenters. The van der Waals surface area contributed by atoms with E-state index in [9.17, 15) is 36.2 Å². The van der Waals surface area contributed by atoms with Gasteiger partial charge in [0.25, 0.3) is 0 Å². The van der Waals surface area contributed by atoms with Crippen LogP contribution >= 0.6 is 11.8 Å². The molecule has 1 aliphatic rings.